The zero-order valence-corrected chi connectivity index (χ0v) is 6.28. The molecule has 0 aliphatic carbocycles. The molecule has 1 saturated heterocycles. The highest BCUT2D eigenvalue weighted by molar-refractivity contribution is 4.80. The lowest BCUT2D eigenvalue weighted by Gasteiger charge is -2.18. The van der Waals surface area contributed by atoms with Crippen molar-refractivity contribution in [3.05, 3.63) is 0 Å². The summed E-state index contributed by atoms with van der Waals surface area (Å²) in [6.07, 6.45) is -3.57. The first-order chi connectivity index (χ1) is 5.04. The van der Waals surface area contributed by atoms with E-state index in [1.54, 1.807) is 7.05 Å². The second kappa shape index (κ2) is 2.98. The van der Waals surface area contributed by atoms with Gasteiger partial charge in [-0.3, -0.25) is 0 Å². The summed E-state index contributed by atoms with van der Waals surface area (Å²) in [7, 11) is 1.69. The molecule has 11 heavy (non-hydrogen) atoms. The monoisotopic (exact) mass is 168 g/mol. The van der Waals surface area contributed by atoms with Crippen LogP contribution in [-0.4, -0.2) is 37.4 Å². The minimum absolute atomic E-state index is 0.00313. The zero-order valence-electron chi connectivity index (χ0n) is 6.28. The van der Waals surface area contributed by atoms with Gasteiger partial charge in [-0.2, -0.15) is 13.2 Å². The third-order valence-electron chi connectivity index (χ3n) is 1.96. The van der Waals surface area contributed by atoms with Crippen LogP contribution in [0, 0.1) is 0 Å². The lowest BCUT2D eigenvalue weighted by molar-refractivity contribution is -0.238. The predicted octanol–water partition coefficient (Wildman–Crippen LogP) is 0.800. The van der Waals surface area contributed by atoms with Crippen molar-refractivity contribution >= 4 is 0 Å². The van der Waals surface area contributed by atoms with Gasteiger partial charge in [0, 0.05) is 19.1 Å². The molecule has 0 radical (unpaired) electrons. The van der Waals surface area contributed by atoms with Crippen LogP contribution in [0.2, 0.25) is 0 Å². The molecule has 0 bridgehead atoms. The summed E-state index contributed by atoms with van der Waals surface area (Å²) in [4.78, 5) is 0.536. The fourth-order valence-electron chi connectivity index (χ4n) is 1.23. The Labute approximate surface area is 63.4 Å². The van der Waals surface area contributed by atoms with Crippen LogP contribution in [-0.2, 0) is 0 Å². The van der Waals surface area contributed by atoms with Gasteiger partial charge in [-0.1, -0.05) is 0 Å². The molecule has 0 saturated carbocycles. The molecular weight excluding hydrogens is 157 g/mol. The maximum Gasteiger partial charge on any atom is 0.459 e. The van der Waals surface area contributed by atoms with Crippen LogP contribution in [0.3, 0.4) is 0 Å². The average molecular weight is 168 g/mol. The van der Waals surface area contributed by atoms with Gasteiger partial charge in [0.15, 0.2) is 0 Å². The van der Waals surface area contributed by atoms with Gasteiger partial charge in [-0.15, -0.1) is 0 Å². The highest BCUT2D eigenvalue weighted by Crippen LogP contribution is 2.25. The van der Waals surface area contributed by atoms with E-state index in [2.05, 4.69) is 5.32 Å². The minimum atomic E-state index is -4.15. The Kier molecular flexibility index (Phi) is 2.39. The third kappa shape index (κ3) is 2.07. The number of nitrogens with zero attached hydrogens (tertiary/aromatic N) is 1. The number of likely N-dealkylation sites (tertiary alicyclic amines) is 1. The van der Waals surface area contributed by atoms with Crippen LogP contribution < -0.4 is 5.32 Å². The highest BCUT2D eigenvalue weighted by Gasteiger charge is 2.41. The Hall–Kier alpha value is -0.290. The fourth-order valence-corrected chi connectivity index (χ4v) is 1.23. The van der Waals surface area contributed by atoms with Crippen molar-refractivity contribution < 1.29 is 13.2 Å². The molecule has 2 nitrogen and oxygen atoms in total. The van der Waals surface area contributed by atoms with Crippen molar-refractivity contribution in [2.24, 2.45) is 0 Å². The van der Waals surface area contributed by atoms with E-state index in [1.807, 2.05) is 0 Å². The van der Waals surface area contributed by atoms with Crippen molar-refractivity contribution in [1.82, 2.24) is 10.2 Å². The van der Waals surface area contributed by atoms with E-state index in [9.17, 15) is 13.2 Å². The van der Waals surface area contributed by atoms with E-state index in [1.165, 1.54) is 0 Å². The Morgan fingerprint density at radius 1 is 1.45 bits per heavy atom. The molecule has 0 amide bonds. The number of hydrogen-bond acceptors (Lipinski definition) is 2. The van der Waals surface area contributed by atoms with Crippen LogP contribution in [0.15, 0.2) is 0 Å². The van der Waals surface area contributed by atoms with Gasteiger partial charge in [0.2, 0.25) is 0 Å². The molecule has 0 unspecified atom stereocenters. The number of halogens is 3. The minimum Gasteiger partial charge on any atom is -0.316 e. The molecule has 0 spiro atoms. The lowest BCUT2D eigenvalue weighted by Crippen LogP contribution is -2.38. The standard InChI is InChI=1S/C6H11F3N2/c1-10-5-2-3-11(4-5)6(7,8)9/h5,10H,2-4H2,1H3/t5-/m1/s1. The van der Waals surface area contributed by atoms with Crippen molar-refractivity contribution in [3.63, 3.8) is 0 Å². The summed E-state index contributed by atoms with van der Waals surface area (Å²) >= 11 is 0. The third-order valence-corrected chi connectivity index (χ3v) is 1.96. The number of likely N-dealkylation sites (N-methyl/N-ethyl adjacent to an activating group) is 1. The Morgan fingerprint density at radius 2 is 2.09 bits per heavy atom. The SMILES string of the molecule is CN[C@@H]1CCN(C(F)(F)F)C1. The van der Waals surface area contributed by atoms with E-state index in [0.29, 0.717) is 11.3 Å². The quantitative estimate of drug-likeness (QED) is 0.582. The second-order valence-corrected chi connectivity index (χ2v) is 2.69. The summed E-state index contributed by atoms with van der Waals surface area (Å²) in [5.41, 5.74) is 0. The van der Waals surface area contributed by atoms with Crippen LogP contribution in [0.1, 0.15) is 6.42 Å². The predicted molar refractivity (Wildman–Crippen MR) is 35.1 cm³/mol. The normalized spacial score (nSPS) is 27.8. The molecule has 1 rings (SSSR count). The van der Waals surface area contributed by atoms with Crippen molar-refractivity contribution in [1.29, 1.82) is 0 Å². The summed E-state index contributed by atoms with van der Waals surface area (Å²) in [5, 5.41) is 2.82. The van der Waals surface area contributed by atoms with Crippen LogP contribution >= 0.6 is 0 Å². The zero-order chi connectivity index (χ0) is 8.48. The topological polar surface area (TPSA) is 15.3 Å². The summed E-state index contributed by atoms with van der Waals surface area (Å²) in [5.74, 6) is 0. The van der Waals surface area contributed by atoms with Crippen LogP contribution in [0.5, 0.6) is 0 Å². The van der Waals surface area contributed by atoms with Crippen molar-refractivity contribution in [2.45, 2.75) is 18.8 Å². The molecule has 66 valence electrons. The molecule has 0 aromatic heterocycles. The molecule has 5 heteroatoms. The van der Waals surface area contributed by atoms with Crippen LogP contribution in [0.25, 0.3) is 0 Å². The Balaban J connectivity index is 2.42. The van der Waals surface area contributed by atoms with Crippen molar-refractivity contribution in [3.8, 4) is 0 Å². The summed E-state index contributed by atoms with van der Waals surface area (Å²) in [6, 6.07) is -0.00313. The first kappa shape index (κ1) is 8.80. The molecule has 1 atom stereocenters. The van der Waals surface area contributed by atoms with Crippen molar-refractivity contribution in [2.75, 3.05) is 20.1 Å². The first-order valence-electron chi connectivity index (χ1n) is 3.53. The second-order valence-electron chi connectivity index (χ2n) is 2.69. The van der Waals surface area contributed by atoms with Gasteiger partial charge in [0.1, 0.15) is 0 Å². The number of nitrogens with one attached hydrogen (secondary N) is 1. The summed E-state index contributed by atoms with van der Waals surface area (Å²) < 4.78 is 35.9. The Morgan fingerprint density at radius 3 is 2.36 bits per heavy atom. The molecule has 1 aliphatic rings. The summed E-state index contributed by atoms with van der Waals surface area (Å²) in [6.45, 7) is 0.203. The van der Waals surface area contributed by atoms with Gasteiger partial charge in [-0.25, -0.2) is 4.90 Å². The van der Waals surface area contributed by atoms with E-state index in [-0.39, 0.29) is 19.1 Å². The van der Waals surface area contributed by atoms with E-state index in [4.69, 9.17) is 0 Å². The molecule has 1 N–H and O–H groups in total. The smallest absolute Gasteiger partial charge is 0.316 e. The van der Waals surface area contributed by atoms with E-state index >= 15 is 0 Å². The highest BCUT2D eigenvalue weighted by atomic mass is 19.4. The maximum atomic E-state index is 12.0. The van der Waals surface area contributed by atoms with Gasteiger partial charge >= 0.3 is 6.30 Å². The Bertz CT molecular complexity index is 134. The molecular formula is C6H11F3N2. The van der Waals surface area contributed by atoms with E-state index in [0.717, 1.165) is 0 Å². The number of hydrogen-bond donors (Lipinski definition) is 1. The lowest BCUT2D eigenvalue weighted by atomic mass is 10.3. The van der Waals surface area contributed by atoms with Gasteiger partial charge in [0.25, 0.3) is 0 Å². The number of rotatable bonds is 1. The first-order valence-corrected chi connectivity index (χ1v) is 3.53. The largest absolute Gasteiger partial charge is 0.459 e. The molecule has 1 fully saturated rings. The molecule has 0 aromatic rings. The maximum absolute atomic E-state index is 12.0. The van der Waals surface area contributed by atoms with Gasteiger partial charge in [-0.05, 0) is 13.5 Å². The van der Waals surface area contributed by atoms with Gasteiger partial charge < -0.3 is 5.32 Å². The number of alkyl halides is 3. The fraction of sp³-hybridized carbons (Fsp3) is 1.00. The molecule has 0 aromatic carbocycles. The van der Waals surface area contributed by atoms with E-state index < -0.39 is 6.30 Å². The average Bonchev–Trinajstić information content (AvgIpc) is 2.32. The molecule has 1 aliphatic heterocycles. The van der Waals surface area contributed by atoms with Crippen LogP contribution in [0.4, 0.5) is 13.2 Å². The molecule has 1 heterocycles. The van der Waals surface area contributed by atoms with Gasteiger partial charge in [0.05, 0.1) is 0 Å².